The van der Waals surface area contributed by atoms with Crippen LogP contribution in [0.15, 0.2) is 27.6 Å². The molecule has 2 N–H and O–H groups in total. The summed E-state index contributed by atoms with van der Waals surface area (Å²) in [6.07, 6.45) is 0.798. The van der Waals surface area contributed by atoms with Crippen molar-refractivity contribution in [1.82, 2.24) is 5.32 Å². The van der Waals surface area contributed by atoms with Gasteiger partial charge in [0.05, 0.1) is 16.4 Å². The molecule has 2 unspecified atom stereocenters. The normalized spacial score (nSPS) is 13.6. The van der Waals surface area contributed by atoms with Crippen LogP contribution in [0.5, 0.6) is 0 Å². The van der Waals surface area contributed by atoms with Crippen LogP contribution in [0.4, 0.5) is 0 Å². The number of halogens is 1. The van der Waals surface area contributed by atoms with E-state index in [9.17, 15) is 13.8 Å². The molecule has 7 heteroatoms. The number of carboxylic acid groups (broad SMARTS) is 1. The number of amides is 1. The third-order valence-corrected chi connectivity index (χ3v) is 4.91. The summed E-state index contributed by atoms with van der Waals surface area (Å²) < 4.78 is 12.7. The second kappa shape index (κ2) is 7.54. The van der Waals surface area contributed by atoms with E-state index in [-0.39, 0.29) is 11.5 Å². The van der Waals surface area contributed by atoms with Gasteiger partial charge >= 0.3 is 5.97 Å². The number of aromatic carboxylic acids is 1. The fourth-order valence-electron chi connectivity index (χ4n) is 1.49. The Morgan fingerprint density at radius 1 is 1.45 bits per heavy atom. The van der Waals surface area contributed by atoms with Gasteiger partial charge in [-0.1, -0.05) is 6.92 Å². The molecule has 0 aliphatic carbocycles. The van der Waals surface area contributed by atoms with Gasteiger partial charge in [-0.25, -0.2) is 4.79 Å². The van der Waals surface area contributed by atoms with Crippen LogP contribution in [0.1, 0.15) is 30.6 Å². The molecular weight excluding hydrogens is 346 g/mol. The molecule has 2 atom stereocenters. The number of rotatable bonds is 6. The highest BCUT2D eigenvalue weighted by Gasteiger charge is 2.22. The lowest BCUT2D eigenvalue weighted by atomic mass is 10.2. The molecule has 0 aromatic heterocycles. The molecule has 0 spiro atoms. The van der Waals surface area contributed by atoms with E-state index in [0.29, 0.717) is 15.9 Å². The minimum absolute atomic E-state index is 0.0250. The van der Waals surface area contributed by atoms with Crippen molar-refractivity contribution in [3.63, 3.8) is 0 Å². The van der Waals surface area contributed by atoms with Gasteiger partial charge in [-0.2, -0.15) is 0 Å². The Hall–Kier alpha value is -1.21. The highest BCUT2D eigenvalue weighted by atomic mass is 79.9. The Morgan fingerprint density at radius 2 is 2.10 bits per heavy atom. The molecule has 0 aliphatic rings. The average Bonchev–Trinajstić information content (AvgIpc) is 2.43. The van der Waals surface area contributed by atoms with Gasteiger partial charge in [0.1, 0.15) is 5.25 Å². The van der Waals surface area contributed by atoms with Crippen molar-refractivity contribution in [3.8, 4) is 0 Å². The highest BCUT2D eigenvalue weighted by molar-refractivity contribution is 9.10. The van der Waals surface area contributed by atoms with Gasteiger partial charge in [0, 0.05) is 15.9 Å². The van der Waals surface area contributed by atoms with Crippen LogP contribution in [-0.2, 0) is 15.6 Å². The standard InChI is InChI=1S/C13H16BrNO4S/c1-3-6-15-12(16)8(2)20(19)9-4-5-11(14)10(7-9)13(17)18/h4-5,7-8H,3,6H2,1-2H3,(H,15,16)(H,17,18). The number of carboxylic acids is 1. The predicted octanol–water partition coefficient (Wildman–Crippen LogP) is 2.17. The van der Waals surface area contributed by atoms with Crippen LogP contribution < -0.4 is 5.32 Å². The van der Waals surface area contributed by atoms with Gasteiger partial charge in [-0.15, -0.1) is 0 Å². The molecular formula is C13H16BrNO4S. The largest absolute Gasteiger partial charge is 0.478 e. The van der Waals surface area contributed by atoms with E-state index in [4.69, 9.17) is 5.11 Å². The van der Waals surface area contributed by atoms with Crippen LogP contribution in [0, 0.1) is 0 Å². The van der Waals surface area contributed by atoms with Crippen LogP contribution in [0.2, 0.25) is 0 Å². The zero-order valence-corrected chi connectivity index (χ0v) is 13.6. The molecule has 0 bridgehead atoms. The molecule has 0 saturated carbocycles. The van der Waals surface area contributed by atoms with E-state index in [1.165, 1.54) is 12.1 Å². The summed E-state index contributed by atoms with van der Waals surface area (Å²) in [5, 5.41) is 11.0. The van der Waals surface area contributed by atoms with Crippen LogP contribution >= 0.6 is 15.9 Å². The summed E-state index contributed by atoms with van der Waals surface area (Å²) in [6.45, 7) is 4.01. The molecule has 1 amide bonds. The summed E-state index contributed by atoms with van der Waals surface area (Å²) in [5.74, 6) is -1.41. The zero-order valence-electron chi connectivity index (χ0n) is 11.2. The Bertz CT molecular complexity index is 547. The first-order valence-corrected chi connectivity index (χ1v) is 8.10. The second-order valence-electron chi connectivity index (χ2n) is 4.18. The maximum Gasteiger partial charge on any atom is 0.336 e. The lowest BCUT2D eigenvalue weighted by Gasteiger charge is -2.12. The molecule has 0 saturated heterocycles. The minimum atomic E-state index is -1.59. The quantitative estimate of drug-likeness (QED) is 0.813. The van der Waals surface area contributed by atoms with Crippen LogP contribution in [0.25, 0.3) is 0 Å². The average molecular weight is 362 g/mol. The molecule has 110 valence electrons. The Balaban J connectivity index is 2.94. The van der Waals surface area contributed by atoms with Gasteiger partial charge in [-0.3, -0.25) is 9.00 Å². The molecule has 1 aromatic carbocycles. The summed E-state index contributed by atoms with van der Waals surface area (Å²) in [6, 6.07) is 4.40. The zero-order chi connectivity index (χ0) is 15.3. The van der Waals surface area contributed by atoms with Gasteiger partial charge < -0.3 is 10.4 Å². The van der Waals surface area contributed by atoms with Crippen molar-refractivity contribution in [1.29, 1.82) is 0 Å². The van der Waals surface area contributed by atoms with E-state index >= 15 is 0 Å². The number of nitrogens with one attached hydrogen (secondary N) is 1. The second-order valence-corrected chi connectivity index (χ2v) is 6.81. The van der Waals surface area contributed by atoms with Crippen molar-refractivity contribution >= 4 is 38.6 Å². The van der Waals surface area contributed by atoms with Crippen LogP contribution in [0.3, 0.4) is 0 Å². The molecule has 1 aromatic rings. The number of carbonyl (C=O) groups excluding carboxylic acids is 1. The summed E-state index contributed by atoms with van der Waals surface area (Å²) in [5.41, 5.74) is 0.0250. The van der Waals surface area contributed by atoms with Crippen molar-refractivity contribution in [3.05, 3.63) is 28.2 Å². The number of hydrogen-bond acceptors (Lipinski definition) is 3. The molecule has 5 nitrogen and oxygen atoms in total. The lowest BCUT2D eigenvalue weighted by Crippen LogP contribution is -2.35. The van der Waals surface area contributed by atoms with E-state index in [1.54, 1.807) is 13.0 Å². The smallest absolute Gasteiger partial charge is 0.336 e. The summed E-state index contributed by atoms with van der Waals surface area (Å²) >= 11 is 3.12. The fraction of sp³-hybridized carbons (Fsp3) is 0.385. The van der Waals surface area contributed by atoms with Gasteiger partial charge in [0.25, 0.3) is 0 Å². The number of hydrogen-bond donors (Lipinski definition) is 2. The highest BCUT2D eigenvalue weighted by Crippen LogP contribution is 2.21. The van der Waals surface area contributed by atoms with Gasteiger partial charge in [0.2, 0.25) is 5.91 Å². The Morgan fingerprint density at radius 3 is 2.65 bits per heavy atom. The summed E-state index contributed by atoms with van der Waals surface area (Å²) in [7, 11) is -1.59. The number of benzene rings is 1. The first-order valence-electron chi connectivity index (χ1n) is 6.09. The molecule has 0 radical (unpaired) electrons. The van der Waals surface area contributed by atoms with E-state index in [1.807, 2.05) is 6.92 Å². The maximum absolute atomic E-state index is 12.3. The van der Waals surface area contributed by atoms with Gasteiger partial charge in [-0.05, 0) is 47.5 Å². The Labute approximate surface area is 128 Å². The van der Waals surface area contributed by atoms with Crippen molar-refractivity contribution in [2.45, 2.75) is 30.4 Å². The maximum atomic E-state index is 12.3. The molecule has 20 heavy (non-hydrogen) atoms. The lowest BCUT2D eigenvalue weighted by molar-refractivity contribution is -0.120. The van der Waals surface area contributed by atoms with E-state index in [0.717, 1.165) is 6.42 Å². The molecule has 0 fully saturated rings. The third kappa shape index (κ3) is 4.14. The monoisotopic (exact) mass is 361 g/mol. The van der Waals surface area contributed by atoms with E-state index < -0.39 is 22.0 Å². The van der Waals surface area contributed by atoms with Crippen molar-refractivity contribution < 1.29 is 18.9 Å². The molecule has 0 heterocycles. The van der Waals surface area contributed by atoms with Gasteiger partial charge in [0.15, 0.2) is 0 Å². The molecule has 0 aliphatic heterocycles. The van der Waals surface area contributed by atoms with Crippen molar-refractivity contribution in [2.24, 2.45) is 0 Å². The third-order valence-electron chi connectivity index (χ3n) is 2.64. The number of carbonyl (C=O) groups is 2. The van der Waals surface area contributed by atoms with E-state index in [2.05, 4.69) is 21.2 Å². The topological polar surface area (TPSA) is 83.5 Å². The Kier molecular flexibility index (Phi) is 6.35. The fourth-order valence-corrected chi connectivity index (χ4v) is 3.03. The van der Waals surface area contributed by atoms with Crippen LogP contribution in [-0.4, -0.2) is 33.0 Å². The minimum Gasteiger partial charge on any atom is -0.478 e. The first kappa shape index (κ1) is 16.8. The first-order chi connectivity index (χ1) is 9.38. The summed E-state index contributed by atoms with van der Waals surface area (Å²) in [4.78, 5) is 23.1. The SMILES string of the molecule is CCCNC(=O)C(C)S(=O)c1ccc(Br)c(C(=O)O)c1. The predicted molar refractivity (Wildman–Crippen MR) is 80.3 cm³/mol. The molecule has 1 rings (SSSR count). The van der Waals surface area contributed by atoms with Crippen molar-refractivity contribution in [2.75, 3.05) is 6.54 Å².